The zero-order chi connectivity index (χ0) is 11.5. The maximum atomic E-state index is 12.2. The minimum Gasteiger partial charge on any atom is -0.338 e. The van der Waals surface area contributed by atoms with Crippen LogP contribution in [0.3, 0.4) is 0 Å². The molecule has 0 radical (unpaired) electrons. The van der Waals surface area contributed by atoms with Crippen LogP contribution in [0.4, 0.5) is 0 Å². The molecule has 1 atom stereocenters. The van der Waals surface area contributed by atoms with Gasteiger partial charge in [-0.05, 0) is 49.9 Å². The van der Waals surface area contributed by atoms with Crippen LogP contribution >= 0.6 is 23.7 Å². The first-order valence-electron chi connectivity index (χ1n) is 5.70. The van der Waals surface area contributed by atoms with Crippen LogP contribution < -0.4 is 5.32 Å². The standard InChI is InChI=1S/C12H18N2OS.ClH/c1-9-4-6-16-11(9)12(15)14-5-3-10(8-14)7-13-2;/h4,6,10,13H,3,5,7-8H2,1-2H3;1H. The highest BCUT2D eigenvalue weighted by Crippen LogP contribution is 2.22. The van der Waals surface area contributed by atoms with Gasteiger partial charge in [-0.25, -0.2) is 0 Å². The Balaban J connectivity index is 0.00000144. The number of nitrogens with zero attached hydrogens (tertiary/aromatic N) is 1. The van der Waals surface area contributed by atoms with Crippen molar-refractivity contribution in [1.82, 2.24) is 10.2 Å². The number of likely N-dealkylation sites (tertiary alicyclic amines) is 1. The van der Waals surface area contributed by atoms with Gasteiger partial charge in [0.2, 0.25) is 0 Å². The van der Waals surface area contributed by atoms with Crippen LogP contribution in [0.15, 0.2) is 11.4 Å². The minimum atomic E-state index is 0. The Morgan fingerprint density at radius 1 is 1.65 bits per heavy atom. The van der Waals surface area contributed by atoms with E-state index in [9.17, 15) is 4.79 Å². The second kappa shape index (κ2) is 6.38. The average molecular weight is 275 g/mol. The molecule has 1 N–H and O–H groups in total. The van der Waals surface area contributed by atoms with Gasteiger partial charge in [0.1, 0.15) is 0 Å². The van der Waals surface area contributed by atoms with E-state index in [0.29, 0.717) is 5.92 Å². The summed E-state index contributed by atoms with van der Waals surface area (Å²) in [5.74, 6) is 0.834. The van der Waals surface area contributed by atoms with Gasteiger partial charge in [-0.3, -0.25) is 4.79 Å². The smallest absolute Gasteiger partial charge is 0.264 e. The van der Waals surface area contributed by atoms with Crippen molar-refractivity contribution in [2.24, 2.45) is 5.92 Å². The van der Waals surface area contributed by atoms with E-state index in [-0.39, 0.29) is 18.3 Å². The quantitative estimate of drug-likeness (QED) is 0.916. The van der Waals surface area contributed by atoms with E-state index in [4.69, 9.17) is 0 Å². The summed E-state index contributed by atoms with van der Waals surface area (Å²) in [4.78, 5) is 15.1. The lowest BCUT2D eigenvalue weighted by Crippen LogP contribution is -2.30. The molecule has 1 fully saturated rings. The minimum absolute atomic E-state index is 0. The van der Waals surface area contributed by atoms with E-state index < -0.39 is 0 Å². The lowest BCUT2D eigenvalue weighted by Gasteiger charge is -2.16. The normalized spacial score (nSPS) is 19.2. The molecule has 1 unspecified atom stereocenters. The molecule has 1 aromatic heterocycles. The van der Waals surface area contributed by atoms with Gasteiger partial charge in [0, 0.05) is 13.1 Å². The second-order valence-electron chi connectivity index (χ2n) is 4.40. The molecular weight excluding hydrogens is 256 g/mol. The van der Waals surface area contributed by atoms with E-state index in [1.54, 1.807) is 11.3 Å². The number of hydrogen-bond acceptors (Lipinski definition) is 3. The zero-order valence-electron chi connectivity index (χ0n) is 10.2. The Hall–Kier alpha value is -0.580. The van der Waals surface area contributed by atoms with Gasteiger partial charge in [-0.2, -0.15) is 0 Å². The van der Waals surface area contributed by atoms with Crippen molar-refractivity contribution in [3.05, 3.63) is 21.9 Å². The van der Waals surface area contributed by atoms with E-state index in [2.05, 4.69) is 5.32 Å². The Kier molecular flexibility index (Phi) is 5.43. The molecule has 2 heterocycles. The number of rotatable bonds is 3. The molecule has 0 aromatic carbocycles. The maximum Gasteiger partial charge on any atom is 0.264 e. The molecule has 0 saturated carbocycles. The van der Waals surface area contributed by atoms with Crippen molar-refractivity contribution in [1.29, 1.82) is 0 Å². The number of thiophene rings is 1. The highest BCUT2D eigenvalue weighted by atomic mass is 35.5. The molecule has 0 bridgehead atoms. The maximum absolute atomic E-state index is 12.2. The van der Waals surface area contributed by atoms with Crippen molar-refractivity contribution in [3.8, 4) is 0 Å². The monoisotopic (exact) mass is 274 g/mol. The summed E-state index contributed by atoms with van der Waals surface area (Å²) in [5.41, 5.74) is 1.10. The van der Waals surface area contributed by atoms with Gasteiger partial charge < -0.3 is 10.2 Å². The Bertz CT molecular complexity index is 380. The Labute approximate surface area is 113 Å². The third kappa shape index (κ3) is 3.21. The number of aryl methyl sites for hydroxylation is 1. The van der Waals surface area contributed by atoms with Crippen molar-refractivity contribution >= 4 is 29.7 Å². The first-order valence-corrected chi connectivity index (χ1v) is 6.58. The summed E-state index contributed by atoms with van der Waals surface area (Å²) in [6, 6.07) is 2.01. The molecular formula is C12H19ClN2OS. The van der Waals surface area contributed by atoms with E-state index in [1.807, 2.05) is 30.3 Å². The fourth-order valence-corrected chi connectivity index (χ4v) is 3.10. The summed E-state index contributed by atoms with van der Waals surface area (Å²) in [7, 11) is 1.97. The Morgan fingerprint density at radius 2 is 2.41 bits per heavy atom. The molecule has 96 valence electrons. The molecule has 17 heavy (non-hydrogen) atoms. The Morgan fingerprint density at radius 3 is 3.00 bits per heavy atom. The molecule has 0 spiro atoms. The summed E-state index contributed by atoms with van der Waals surface area (Å²) in [6.45, 7) is 4.82. The third-order valence-electron chi connectivity index (χ3n) is 3.12. The first-order chi connectivity index (χ1) is 7.72. The van der Waals surface area contributed by atoms with Gasteiger partial charge in [0.15, 0.2) is 0 Å². The van der Waals surface area contributed by atoms with Gasteiger partial charge in [-0.1, -0.05) is 0 Å². The SMILES string of the molecule is CNCC1CCN(C(=O)c2sccc2C)C1.Cl. The van der Waals surface area contributed by atoms with Crippen LogP contribution in [0, 0.1) is 12.8 Å². The van der Waals surface area contributed by atoms with Crippen LogP contribution in [-0.4, -0.2) is 37.5 Å². The molecule has 1 saturated heterocycles. The molecule has 3 nitrogen and oxygen atoms in total. The number of hydrogen-bond donors (Lipinski definition) is 1. The topological polar surface area (TPSA) is 32.3 Å². The molecule has 1 aromatic rings. The summed E-state index contributed by atoms with van der Waals surface area (Å²) in [6.07, 6.45) is 1.12. The van der Waals surface area contributed by atoms with Crippen LogP contribution in [0.5, 0.6) is 0 Å². The number of nitrogens with one attached hydrogen (secondary N) is 1. The molecule has 1 aliphatic rings. The van der Waals surface area contributed by atoms with Crippen LogP contribution in [0.2, 0.25) is 0 Å². The van der Waals surface area contributed by atoms with Gasteiger partial charge in [0.25, 0.3) is 5.91 Å². The summed E-state index contributed by atoms with van der Waals surface area (Å²) in [5, 5.41) is 5.17. The number of carbonyl (C=O) groups excluding carboxylic acids is 1. The van der Waals surface area contributed by atoms with Gasteiger partial charge in [0.05, 0.1) is 4.88 Å². The van der Waals surface area contributed by atoms with Crippen molar-refractivity contribution in [2.45, 2.75) is 13.3 Å². The summed E-state index contributed by atoms with van der Waals surface area (Å²) >= 11 is 1.55. The van der Waals surface area contributed by atoms with Crippen LogP contribution in [0.25, 0.3) is 0 Å². The number of amides is 1. The predicted molar refractivity (Wildman–Crippen MR) is 74.2 cm³/mol. The molecule has 0 aliphatic carbocycles. The zero-order valence-corrected chi connectivity index (χ0v) is 11.9. The van der Waals surface area contributed by atoms with Crippen molar-refractivity contribution < 1.29 is 4.79 Å². The average Bonchev–Trinajstić information content (AvgIpc) is 2.87. The molecule has 1 amide bonds. The van der Waals surface area contributed by atoms with E-state index >= 15 is 0 Å². The highest BCUT2D eigenvalue weighted by Gasteiger charge is 2.27. The lowest BCUT2D eigenvalue weighted by atomic mass is 10.1. The number of halogens is 1. The predicted octanol–water partition coefficient (Wildman–Crippen LogP) is 2.16. The van der Waals surface area contributed by atoms with Crippen molar-refractivity contribution in [3.63, 3.8) is 0 Å². The van der Waals surface area contributed by atoms with Crippen molar-refractivity contribution in [2.75, 3.05) is 26.7 Å². The highest BCUT2D eigenvalue weighted by molar-refractivity contribution is 7.12. The van der Waals surface area contributed by atoms with E-state index in [1.165, 1.54) is 0 Å². The summed E-state index contributed by atoms with van der Waals surface area (Å²) < 4.78 is 0. The van der Waals surface area contributed by atoms with E-state index in [0.717, 1.165) is 36.5 Å². The number of carbonyl (C=O) groups is 1. The van der Waals surface area contributed by atoms with Gasteiger partial charge in [-0.15, -0.1) is 23.7 Å². The fourth-order valence-electron chi connectivity index (χ4n) is 2.21. The van der Waals surface area contributed by atoms with Crippen LogP contribution in [0.1, 0.15) is 21.7 Å². The lowest BCUT2D eigenvalue weighted by molar-refractivity contribution is 0.0791. The molecule has 5 heteroatoms. The third-order valence-corrected chi connectivity index (χ3v) is 4.13. The molecule has 1 aliphatic heterocycles. The van der Waals surface area contributed by atoms with Crippen LogP contribution in [-0.2, 0) is 0 Å². The fraction of sp³-hybridized carbons (Fsp3) is 0.583. The first kappa shape index (κ1) is 14.5. The second-order valence-corrected chi connectivity index (χ2v) is 5.31. The molecule has 2 rings (SSSR count). The van der Waals surface area contributed by atoms with Gasteiger partial charge >= 0.3 is 0 Å². The largest absolute Gasteiger partial charge is 0.338 e.